The SMILES string of the molecule is COc1ccc(C(F)F)cc1-c1cc(-n2ncc(C)cc2=O)ncc1C(=O)Nc1nc2ncc(C#CC3CC3)nc2s1. The number of amides is 1. The molecule has 1 saturated carbocycles. The van der Waals surface area contributed by atoms with Crippen molar-refractivity contribution >= 4 is 32.9 Å². The van der Waals surface area contributed by atoms with E-state index in [1.165, 1.54) is 56.0 Å². The molecule has 1 aliphatic rings. The number of thiazole rings is 1. The van der Waals surface area contributed by atoms with Crippen molar-refractivity contribution in [2.75, 3.05) is 12.4 Å². The quantitative estimate of drug-likeness (QED) is 0.277. The molecule has 1 N–H and O–H groups in total. The van der Waals surface area contributed by atoms with E-state index in [0.717, 1.165) is 28.9 Å². The van der Waals surface area contributed by atoms with Crippen molar-refractivity contribution in [1.29, 1.82) is 0 Å². The number of methoxy groups -OCH3 is 1. The number of rotatable bonds is 6. The van der Waals surface area contributed by atoms with Crippen molar-refractivity contribution in [3.05, 3.63) is 81.7 Å². The van der Waals surface area contributed by atoms with Gasteiger partial charge in [0, 0.05) is 34.9 Å². The lowest BCUT2D eigenvalue weighted by Gasteiger charge is -2.15. The number of alkyl halides is 2. The molecule has 1 aliphatic carbocycles. The van der Waals surface area contributed by atoms with E-state index >= 15 is 0 Å². The first-order valence-electron chi connectivity index (χ1n) is 12.8. The summed E-state index contributed by atoms with van der Waals surface area (Å²) in [5, 5.41) is 7.08. The molecular weight excluding hydrogens is 564 g/mol. The number of anilines is 1. The van der Waals surface area contributed by atoms with Crippen LogP contribution in [0.25, 0.3) is 27.4 Å². The van der Waals surface area contributed by atoms with Crippen LogP contribution in [0, 0.1) is 24.7 Å². The minimum Gasteiger partial charge on any atom is -0.496 e. The highest BCUT2D eigenvalue weighted by atomic mass is 32.1. The second-order valence-electron chi connectivity index (χ2n) is 9.53. The van der Waals surface area contributed by atoms with E-state index in [1.54, 1.807) is 6.92 Å². The molecule has 0 aliphatic heterocycles. The molecule has 0 bridgehead atoms. The van der Waals surface area contributed by atoms with Crippen LogP contribution in [-0.2, 0) is 0 Å². The van der Waals surface area contributed by atoms with Gasteiger partial charge in [-0.1, -0.05) is 17.3 Å². The van der Waals surface area contributed by atoms with Gasteiger partial charge >= 0.3 is 0 Å². The van der Waals surface area contributed by atoms with Gasteiger partial charge in [0.15, 0.2) is 21.4 Å². The Morgan fingerprint density at radius 3 is 2.69 bits per heavy atom. The molecular formula is C29H21F2N7O3S. The van der Waals surface area contributed by atoms with Gasteiger partial charge in [-0.3, -0.25) is 14.9 Å². The fourth-order valence-electron chi connectivity index (χ4n) is 4.11. The number of aromatic nitrogens is 6. The third-order valence-corrected chi connectivity index (χ3v) is 7.23. The van der Waals surface area contributed by atoms with Crippen LogP contribution in [0.2, 0.25) is 0 Å². The Balaban J connectivity index is 1.41. The van der Waals surface area contributed by atoms with Gasteiger partial charge in [-0.15, -0.1) is 0 Å². The molecule has 6 rings (SSSR count). The molecule has 210 valence electrons. The lowest BCUT2D eigenvalue weighted by atomic mass is 9.98. The Labute approximate surface area is 241 Å². The van der Waals surface area contributed by atoms with Crippen LogP contribution in [0.4, 0.5) is 13.9 Å². The standard InChI is InChI=1S/C29H21F2N7O3S/c1-15-9-24(39)38(34-12-15)23-11-19(20-10-17(25(30)31)6-8-22(20)41-2)21(14-32-23)27(40)37-29-36-26-28(42-29)35-18(13-33-26)7-5-16-3-4-16/h6,8-14,16,25H,3-4H2,1-2H3,(H,33,36,37,40). The first-order valence-corrected chi connectivity index (χ1v) is 13.6. The summed E-state index contributed by atoms with van der Waals surface area (Å²) >= 11 is 1.12. The number of pyridine rings is 1. The average molecular weight is 586 g/mol. The molecule has 1 aromatic carbocycles. The Bertz CT molecular complexity index is 1980. The van der Waals surface area contributed by atoms with E-state index in [0.29, 0.717) is 27.7 Å². The summed E-state index contributed by atoms with van der Waals surface area (Å²) in [6.45, 7) is 1.72. The van der Waals surface area contributed by atoms with Gasteiger partial charge in [0.05, 0.1) is 25.1 Å². The van der Waals surface area contributed by atoms with E-state index in [1.807, 2.05) is 0 Å². The number of ether oxygens (including phenoxy) is 1. The van der Waals surface area contributed by atoms with Gasteiger partial charge in [0.25, 0.3) is 17.9 Å². The number of fused-ring (bicyclic) bond motifs is 1. The number of hydrogen-bond acceptors (Lipinski definition) is 9. The van der Waals surface area contributed by atoms with Gasteiger partial charge in [0.2, 0.25) is 0 Å². The number of nitrogens with zero attached hydrogens (tertiary/aromatic N) is 6. The maximum atomic E-state index is 13.7. The predicted molar refractivity (Wildman–Crippen MR) is 152 cm³/mol. The van der Waals surface area contributed by atoms with Crippen LogP contribution in [0.3, 0.4) is 0 Å². The summed E-state index contributed by atoms with van der Waals surface area (Å²) in [4.78, 5) is 44.1. The zero-order chi connectivity index (χ0) is 29.4. The molecule has 1 fully saturated rings. The minimum atomic E-state index is -2.77. The molecule has 13 heteroatoms. The van der Waals surface area contributed by atoms with Crippen molar-refractivity contribution in [3.63, 3.8) is 0 Å². The van der Waals surface area contributed by atoms with Crippen LogP contribution < -0.4 is 15.6 Å². The summed E-state index contributed by atoms with van der Waals surface area (Å²) in [5.74, 6) is 6.27. The molecule has 0 saturated heterocycles. The Morgan fingerprint density at radius 1 is 1.12 bits per heavy atom. The largest absolute Gasteiger partial charge is 0.496 e. The molecule has 1 amide bonds. The van der Waals surface area contributed by atoms with Gasteiger partial charge in [-0.2, -0.15) is 14.8 Å². The monoisotopic (exact) mass is 585 g/mol. The fourth-order valence-corrected chi connectivity index (χ4v) is 4.90. The van der Waals surface area contributed by atoms with Crippen LogP contribution in [-0.4, -0.2) is 42.7 Å². The zero-order valence-electron chi connectivity index (χ0n) is 22.3. The molecule has 4 heterocycles. The highest BCUT2D eigenvalue weighted by Gasteiger charge is 2.22. The van der Waals surface area contributed by atoms with Gasteiger partial charge in [0.1, 0.15) is 11.4 Å². The molecule has 42 heavy (non-hydrogen) atoms. The highest BCUT2D eigenvalue weighted by Crippen LogP contribution is 2.37. The molecule has 4 aromatic heterocycles. The predicted octanol–water partition coefficient (Wildman–Crippen LogP) is 4.96. The second kappa shape index (κ2) is 11.1. The summed E-state index contributed by atoms with van der Waals surface area (Å²) in [7, 11) is 1.39. The third kappa shape index (κ3) is 5.57. The van der Waals surface area contributed by atoms with Gasteiger partial charge in [-0.25, -0.2) is 23.7 Å². The molecule has 10 nitrogen and oxygen atoms in total. The highest BCUT2D eigenvalue weighted by molar-refractivity contribution is 7.21. The number of aryl methyl sites for hydroxylation is 1. The first-order chi connectivity index (χ1) is 20.3. The van der Waals surface area contributed by atoms with Crippen LogP contribution in [0.15, 0.2) is 53.7 Å². The minimum absolute atomic E-state index is 0.0276. The van der Waals surface area contributed by atoms with E-state index in [2.05, 4.69) is 42.2 Å². The molecule has 0 spiro atoms. The lowest BCUT2D eigenvalue weighted by molar-refractivity contribution is 0.102. The number of carbonyl (C=O) groups excluding carboxylic acids is 1. The van der Waals surface area contributed by atoms with Gasteiger partial charge in [-0.05, 0) is 55.5 Å². The summed E-state index contributed by atoms with van der Waals surface area (Å²) in [5.41, 5.74) is 1.22. The summed E-state index contributed by atoms with van der Waals surface area (Å²) in [6.07, 6.45) is 3.68. The summed E-state index contributed by atoms with van der Waals surface area (Å²) < 4.78 is 33.9. The normalized spacial score (nSPS) is 12.7. The second-order valence-corrected chi connectivity index (χ2v) is 10.5. The van der Waals surface area contributed by atoms with Crippen LogP contribution in [0.5, 0.6) is 5.75 Å². The van der Waals surface area contributed by atoms with Crippen molar-refractivity contribution in [2.45, 2.75) is 26.2 Å². The number of halogens is 2. The number of hydrogen-bond donors (Lipinski definition) is 1. The van der Waals surface area contributed by atoms with Crippen LogP contribution >= 0.6 is 11.3 Å². The number of benzene rings is 1. The Morgan fingerprint density at radius 2 is 1.95 bits per heavy atom. The molecule has 5 aromatic rings. The van der Waals surface area contributed by atoms with Crippen molar-refractivity contribution in [1.82, 2.24) is 29.7 Å². The van der Waals surface area contributed by atoms with Crippen LogP contribution in [0.1, 0.15) is 46.4 Å². The first kappa shape index (κ1) is 27.1. The average Bonchev–Trinajstić information content (AvgIpc) is 3.73. The van der Waals surface area contributed by atoms with Gasteiger partial charge < -0.3 is 4.74 Å². The van der Waals surface area contributed by atoms with Crippen molar-refractivity contribution in [3.8, 4) is 34.5 Å². The lowest BCUT2D eigenvalue weighted by Crippen LogP contribution is -2.22. The third-order valence-electron chi connectivity index (χ3n) is 6.38. The van der Waals surface area contributed by atoms with E-state index < -0.39 is 17.9 Å². The zero-order valence-corrected chi connectivity index (χ0v) is 23.1. The maximum Gasteiger partial charge on any atom is 0.273 e. The van der Waals surface area contributed by atoms with Crippen molar-refractivity contribution < 1.29 is 18.3 Å². The van der Waals surface area contributed by atoms with E-state index in [9.17, 15) is 18.4 Å². The Hall–Kier alpha value is -5.09. The number of nitrogens with one attached hydrogen (secondary N) is 1. The smallest absolute Gasteiger partial charge is 0.273 e. The number of carbonyl (C=O) groups is 1. The topological polar surface area (TPSA) is 125 Å². The fraction of sp³-hybridized carbons (Fsp3) is 0.207. The van der Waals surface area contributed by atoms with Crippen molar-refractivity contribution in [2.24, 2.45) is 5.92 Å². The molecule has 0 radical (unpaired) electrons. The maximum absolute atomic E-state index is 13.7. The molecule has 0 atom stereocenters. The molecule has 0 unspecified atom stereocenters. The van der Waals surface area contributed by atoms with E-state index in [-0.39, 0.29) is 39.0 Å². The Kier molecular flexibility index (Phi) is 7.13. The van der Waals surface area contributed by atoms with E-state index in [4.69, 9.17) is 4.74 Å². The summed E-state index contributed by atoms with van der Waals surface area (Å²) in [6, 6.07) is 6.68.